The molecule has 1 aromatic heterocycles. The lowest BCUT2D eigenvalue weighted by Crippen LogP contribution is -2.30. The molecule has 0 amide bonds. The Kier molecular flexibility index (Phi) is 4.58. The molecule has 0 atom stereocenters. The first-order chi connectivity index (χ1) is 11.1. The van der Waals surface area contributed by atoms with Gasteiger partial charge < -0.3 is 5.32 Å². The molecule has 1 aliphatic rings. The molecule has 0 saturated heterocycles. The van der Waals surface area contributed by atoms with Gasteiger partial charge in [-0.15, -0.1) is 0 Å². The highest BCUT2D eigenvalue weighted by Gasteiger charge is 2.18. The fourth-order valence-corrected chi connectivity index (χ4v) is 3.24. The largest absolute Gasteiger partial charge is 0.339 e. The van der Waals surface area contributed by atoms with E-state index in [0.29, 0.717) is 10.3 Å². The molecule has 2 aromatic rings. The van der Waals surface area contributed by atoms with Gasteiger partial charge in [-0.3, -0.25) is 15.0 Å². The number of halogens is 1. The van der Waals surface area contributed by atoms with Crippen LogP contribution in [0.1, 0.15) is 18.1 Å². The minimum atomic E-state index is -0.453. The van der Waals surface area contributed by atoms with E-state index in [-0.39, 0.29) is 5.69 Å². The van der Waals surface area contributed by atoms with Crippen LogP contribution in [-0.4, -0.2) is 27.9 Å². The number of nitro groups is 1. The van der Waals surface area contributed by atoms with Gasteiger partial charge in [0.1, 0.15) is 12.0 Å². The molecule has 23 heavy (non-hydrogen) atoms. The van der Waals surface area contributed by atoms with Crippen LogP contribution in [-0.2, 0) is 13.0 Å². The Balaban J connectivity index is 1.88. The first-order valence-electron chi connectivity index (χ1n) is 7.48. The number of rotatable bonds is 4. The third-order valence-corrected chi connectivity index (χ3v) is 4.69. The number of nitrogens with one attached hydrogen (secondary N) is 1. The van der Waals surface area contributed by atoms with Crippen LogP contribution in [0, 0.1) is 10.1 Å². The predicted octanol–water partition coefficient (Wildman–Crippen LogP) is 3.87. The van der Waals surface area contributed by atoms with Crippen LogP contribution >= 0.6 is 15.9 Å². The van der Waals surface area contributed by atoms with E-state index >= 15 is 0 Å². The van der Waals surface area contributed by atoms with Crippen molar-refractivity contribution in [3.05, 3.63) is 56.2 Å². The Hall–Kier alpha value is -1.99. The van der Waals surface area contributed by atoms with Gasteiger partial charge in [0.05, 0.1) is 9.40 Å². The van der Waals surface area contributed by atoms with E-state index in [1.165, 1.54) is 23.4 Å². The number of anilines is 2. The van der Waals surface area contributed by atoms with Crippen LogP contribution in [0.15, 0.2) is 34.9 Å². The van der Waals surface area contributed by atoms with Gasteiger partial charge in [-0.2, -0.15) is 0 Å². The number of aromatic nitrogens is 1. The van der Waals surface area contributed by atoms with Gasteiger partial charge in [-0.1, -0.05) is 19.1 Å². The van der Waals surface area contributed by atoms with E-state index in [0.717, 1.165) is 31.7 Å². The van der Waals surface area contributed by atoms with E-state index in [2.05, 4.69) is 44.1 Å². The second kappa shape index (κ2) is 6.64. The maximum atomic E-state index is 10.8. The van der Waals surface area contributed by atoms with E-state index in [1.54, 1.807) is 0 Å². The molecular formula is C16H17BrN4O2. The summed E-state index contributed by atoms with van der Waals surface area (Å²) in [6.07, 6.45) is 2.25. The highest BCUT2D eigenvalue weighted by atomic mass is 79.9. The quantitative estimate of drug-likeness (QED) is 0.647. The third-order valence-electron chi connectivity index (χ3n) is 4.08. The molecule has 0 bridgehead atoms. The second-order valence-corrected chi connectivity index (χ2v) is 6.32. The van der Waals surface area contributed by atoms with Crippen LogP contribution < -0.4 is 5.32 Å². The lowest BCUT2D eigenvalue weighted by Gasteiger charge is -2.29. The molecule has 2 heterocycles. The monoisotopic (exact) mass is 376 g/mol. The second-order valence-electron chi connectivity index (χ2n) is 5.47. The Bertz CT molecular complexity index is 751. The van der Waals surface area contributed by atoms with Crippen LogP contribution in [0.4, 0.5) is 17.2 Å². The molecule has 1 aromatic carbocycles. The molecule has 3 rings (SSSR count). The van der Waals surface area contributed by atoms with Crippen molar-refractivity contribution in [3.63, 3.8) is 0 Å². The summed E-state index contributed by atoms with van der Waals surface area (Å²) in [5.74, 6) is 0.585. The summed E-state index contributed by atoms with van der Waals surface area (Å²) in [6, 6.07) is 7.67. The number of fused-ring (bicyclic) bond motifs is 1. The van der Waals surface area contributed by atoms with Crippen molar-refractivity contribution >= 4 is 33.1 Å². The van der Waals surface area contributed by atoms with E-state index in [9.17, 15) is 10.1 Å². The lowest BCUT2D eigenvalue weighted by atomic mass is 9.98. The van der Waals surface area contributed by atoms with Gasteiger partial charge in [0.15, 0.2) is 0 Å². The molecule has 0 fully saturated rings. The van der Waals surface area contributed by atoms with Crippen molar-refractivity contribution in [1.82, 2.24) is 9.88 Å². The fourth-order valence-electron chi connectivity index (χ4n) is 2.80. The van der Waals surface area contributed by atoms with Crippen LogP contribution in [0.5, 0.6) is 0 Å². The first-order valence-corrected chi connectivity index (χ1v) is 8.28. The van der Waals surface area contributed by atoms with Gasteiger partial charge >= 0.3 is 0 Å². The summed E-state index contributed by atoms with van der Waals surface area (Å²) >= 11 is 3.35. The van der Waals surface area contributed by atoms with Gasteiger partial charge in [0, 0.05) is 24.8 Å². The average molecular weight is 377 g/mol. The van der Waals surface area contributed by atoms with Crippen molar-refractivity contribution in [1.29, 1.82) is 0 Å². The minimum Gasteiger partial charge on any atom is -0.339 e. The molecule has 0 saturated carbocycles. The SMILES string of the molecule is CCN1CCc2c(cccc2Nc2ncc([N+](=O)[O-])cc2Br)C1. The van der Waals surface area contributed by atoms with Crippen LogP contribution in [0.2, 0.25) is 0 Å². The summed E-state index contributed by atoms with van der Waals surface area (Å²) in [7, 11) is 0. The molecular weight excluding hydrogens is 360 g/mol. The van der Waals surface area contributed by atoms with Crippen molar-refractivity contribution in [2.75, 3.05) is 18.4 Å². The Morgan fingerprint density at radius 3 is 3.00 bits per heavy atom. The van der Waals surface area contributed by atoms with Crippen LogP contribution in [0.25, 0.3) is 0 Å². The smallest absolute Gasteiger partial charge is 0.288 e. The fraction of sp³-hybridized carbons (Fsp3) is 0.312. The standard InChI is InChI=1S/C16H17BrN4O2/c1-2-20-7-6-13-11(10-20)4-3-5-15(13)19-16-14(17)8-12(9-18-16)21(22)23/h3-5,8-9H,2,6-7,10H2,1H3,(H,18,19). The Morgan fingerprint density at radius 2 is 2.30 bits per heavy atom. The molecule has 1 aliphatic heterocycles. The maximum Gasteiger partial charge on any atom is 0.288 e. The highest BCUT2D eigenvalue weighted by molar-refractivity contribution is 9.10. The predicted molar refractivity (Wildman–Crippen MR) is 93.0 cm³/mol. The topological polar surface area (TPSA) is 71.3 Å². The summed E-state index contributed by atoms with van der Waals surface area (Å²) in [5.41, 5.74) is 3.60. The molecule has 0 aliphatic carbocycles. The molecule has 0 unspecified atom stereocenters. The maximum absolute atomic E-state index is 10.8. The average Bonchev–Trinajstić information content (AvgIpc) is 2.56. The zero-order valence-electron chi connectivity index (χ0n) is 12.8. The molecule has 1 N–H and O–H groups in total. The lowest BCUT2D eigenvalue weighted by molar-refractivity contribution is -0.385. The van der Waals surface area contributed by atoms with E-state index in [1.807, 2.05) is 12.1 Å². The van der Waals surface area contributed by atoms with Gasteiger partial charge in [0.2, 0.25) is 0 Å². The molecule has 0 spiro atoms. The number of benzene rings is 1. The molecule has 6 nitrogen and oxygen atoms in total. The zero-order chi connectivity index (χ0) is 16.4. The Morgan fingerprint density at radius 1 is 1.48 bits per heavy atom. The summed E-state index contributed by atoms with van der Waals surface area (Å²) in [6.45, 7) is 5.21. The zero-order valence-corrected chi connectivity index (χ0v) is 14.3. The van der Waals surface area contributed by atoms with E-state index in [4.69, 9.17) is 0 Å². The van der Waals surface area contributed by atoms with Gasteiger partial charge in [-0.05, 0) is 46.1 Å². The minimum absolute atomic E-state index is 0.0314. The summed E-state index contributed by atoms with van der Waals surface area (Å²) < 4.78 is 0.579. The molecule has 7 heteroatoms. The molecule has 120 valence electrons. The van der Waals surface area contributed by atoms with Crippen molar-refractivity contribution in [2.24, 2.45) is 0 Å². The number of likely N-dealkylation sites (N-methyl/N-ethyl adjacent to an activating group) is 1. The normalized spacial score (nSPS) is 14.3. The highest BCUT2D eigenvalue weighted by Crippen LogP contribution is 2.31. The Labute approximate surface area is 142 Å². The summed E-state index contributed by atoms with van der Waals surface area (Å²) in [4.78, 5) is 16.9. The third kappa shape index (κ3) is 3.35. The molecule has 0 radical (unpaired) electrons. The van der Waals surface area contributed by atoms with Crippen LogP contribution in [0.3, 0.4) is 0 Å². The number of pyridine rings is 1. The number of hydrogen-bond donors (Lipinski definition) is 1. The van der Waals surface area contributed by atoms with Crippen molar-refractivity contribution < 1.29 is 4.92 Å². The van der Waals surface area contributed by atoms with E-state index < -0.39 is 4.92 Å². The number of nitrogens with zero attached hydrogens (tertiary/aromatic N) is 3. The van der Waals surface area contributed by atoms with Crippen molar-refractivity contribution in [2.45, 2.75) is 19.9 Å². The summed E-state index contributed by atoms with van der Waals surface area (Å²) in [5, 5.41) is 14.1. The van der Waals surface area contributed by atoms with Crippen molar-refractivity contribution in [3.8, 4) is 0 Å². The number of hydrogen-bond acceptors (Lipinski definition) is 5. The first kappa shape index (κ1) is 15.9. The van der Waals surface area contributed by atoms with Gasteiger partial charge in [0.25, 0.3) is 5.69 Å². The van der Waals surface area contributed by atoms with Gasteiger partial charge in [-0.25, -0.2) is 4.98 Å².